The summed E-state index contributed by atoms with van der Waals surface area (Å²) in [5.41, 5.74) is 12.0. The van der Waals surface area contributed by atoms with Crippen LogP contribution in [0.15, 0.2) is 217 Å². The van der Waals surface area contributed by atoms with Crippen LogP contribution in [0, 0.1) is 13.8 Å². The zero-order valence-corrected chi connectivity index (χ0v) is 37.3. The molecule has 0 bridgehead atoms. The van der Waals surface area contributed by atoms with Crippen molar-refractivity contribution in [3.63, 3.8) is 0 Å². The second-order valence-electron chi connectivity index (χ2n) is 16.7. The Kier molecular flexibility index (Phi) is 11.1. The van der Waals surface area contributed by atoms with Gasteiger partial charge >= 0.3 is 0 Å². The van der Waals surface area contributed by atoms with E-state index in [4.69, 9.17) is 9.47 Å². The summed E-state index contributed by atoms with van der Waals surface area (Å²) >= 11 is 0. The molecular formula is C59H42O7S. The molecule has 0 aromatic heterocycles. The van der Waals surface area contributed by atoms with Gasteiger partial charge in [0.15, 0.2) is 11.6 Å². The summed E-state index contributed by atoms with van der Waals surface area (Å²) < 4.78 is 47.5. The Morgan fingerprint density at radius 3 is 1.28 bits per heavy atom. The molecule has 0 saturated heterocycles. The van der Waals surface area contributed by atoms with E-state index in [0.29, 0.717) is 44.9 Å². The number of hydrogen-bond donors (Lipinski definition) is 1. The molecule has 0 atom stereocenters. The van der Waals surface area contributed by atoms with Gasteiger partial charge in [-0.2, -0.15) is 8.42 Å². The highest BCUT2D eigenvalue weighted by atomic mass is 32.2. The Morgan fingerprint density at radius 1 is 0.433 bits per heavy atom. The summed E-state index contributed by atoms with van der Waals surface area (Å²) in [7, 11) is -4.71. The van der Waals surface area contributed by atoms with Gasteiger partial charge in [0.2, 0.25) is 0 Å². The first kappa shape index (κ1) is 42.8. The number of benzene rings is 9. The number of fused-ring (bicyclic) bond motifs is 3. The van der Waals surface area contributed by atoms with E-state index in [1.807, 2.05) is 31.2 Å². The molecule has 67 heavy (non-hydrogen) atoms. The second-order valence-corrected chi connectivity index (χ2v) is 18.1. The smallest absolute Gasteiger partial charge is 0.298 e. The third-order valence-corrected chi connectivity index (χ3v) is 13.3. The summed E-state index contributed by atoms with van der Waals surface area (Å²) in [5, 5.41) is 0. The van der Waals surface area contributed by atoms with Crippen LogP contribution in [-0.2, 0) is 15.5 Å². The van der Waals surface area contributed by atoms with E-state index in [9.17, 15) is 22.6 Å². The van der Waals surface area contributed by atoms with Gasteiger partial charge in [-0.05, 0) is 131 Å². The molecule has 0 spiro atoms. The lowest BCUT2D eigenvalue weighted by Gasteiger charge is -2.34. The first-order valence-corrected chi connectivity index (χ1v) is 23.2. The number of carbonyl (C=O) groups is 2. The number of ketones is 2. The highest BCUT2D eigenvalue weighted by Gasteiger charge is 2.45. The topological polar surface area (TPSA) is 107 Å². The van der Waals surface area contributed by atoms with E-state index in [1.165, 1.54) is 45.5 Å². The molecule has 0 aliphatic heterocycles. The summed E-state index contributed by atoms with van der Waals surface area (Å²) in [5.74, 6) is 1.07. The van der Waals surface area contributed by atoms with Crippen LogP contribution in [-0.4, -0.2) is 24.5 Å². The normalized spacial score (nSPS) is 12.5. The minimum Gasteiger partial charge on any atom is -0.457 e. The van der Waals surface area contributed by atoms with Crippen molar-refractivity contribution in [2.45, 2.75) is 24.2 Å². The molecule has 0 radical (unpaired) electrons. The molecule has 9 aromatic rings. The van der Waals surface area contributed by atoms with Crippen molar-refractivity contribution in [1.29, 1.82) is 0 Å². The van der Waals surface area contributed by atoms with Gasteiger partial charge in [-0.1, -0.05) is 151 Å². The van der Waals surface area contributed by atoms with Crippen LogP contribution in [0.4, 0.5) is 0 Å². The first-order chi connectivity index (χ1) is 32.4. The summed E-state index contributed by atoms with van der Waals surface area (Å²) in [6.45, 7) is 4.05. The molecular weight excluding hydrogens is 853 g/mol. The van der Waals surface area contributed by atoms with Gasteiger partial charge < -0.3 is 9.47 Å². The number of aryl methyl sites for hydroxylation is 2. The van der Waals surface area contributed by atoms with Gasteiger partial charge in [0.05, 0.1) is 5.41 Å². The molecule has 0 amide bonds. The summed E-state index contributed by atoms with van der Waals surface area (Å²) in [6.07, 6.45) is 0. The molecule has 1 N–H and O–H groups in total. The van der Waals surface area contributed by atoms with Gasteiger partial charge in [0, 0.05) is 22.3 Å². The van der Waals surface area contributed by atoms with Crippen LogP contribution in [0.5, 0.6) is 23.0 Å². The molecule has 0 saturated carbocycles. The van der Waals surface area contributed by atoms with Crippen molar-refractivity contribution in [2.24, 2.45) is 0 Å². The molecule has 0 heterocycles. The van der Waals surface area contributed by atoms with Gasteiger partial charge in [-0.25, -0.2) is 0 Å². The van der Waals surface area contributed by atoms with E-state index in [0.717, 1.165) is 11.1 Å². The monoisotopic (exact) mass is 894 g/mol. The van der Waals surface area contributed by atoms with Crippen LogP contribution in [0.3, 0.4) is 0 Å². The third-order valence-electron chi connectivity index (χ3n) is 12.4. The lowest BCUT2D eigenvalue weighted by molar-refractivity contribution is 0.103. The standard InChI is InChI=1S/C59H42O7S/c1-38-11-15-41(16-12-38)57(60)44-23-32-50(33-24-44)66-55-36-25-45(37-56(55)67(62,63)64)40-17-19-42(20-18-40)58(61)43-21-30-48(31-22-43)65-49-34-28-47(29-35-49)59(46-26-13-39(2)14-27-46)53-9-5-3-7-51(53)52-8-4-6-10-54(52)59/h3-37H,1-2H3,(H,62,63,64). The molecule has 9 aromatic carbocycles. The molecule has 326 valence electrons. The summed E-state index contributed by atoms with van der Waals surface area (Å²) in [4.78, 5) is 26.1. The number of carbonyl (C=O) groups excluding carboxylic acids is 2. The van der Waals surface area contributed by atoms with E-state index in [1.54, 1.807) is 91.0 Å². The zero-order valence-electron chi connectivity index (χ0n) is 36.5. The van der Waals surface area contributed by atoms with E-state index < -0.39 is 20.4 Å². The highest BCUT2D eigenvalue weighted by Crippen LogP contribution is 2.56. The van der Waals surface area contributed by atoms with Crippen LogP contribution in [0.2, 0.25) is 0 Å². The number of hydrogen-bond acceptors (Lipinski definition) is 6. The third kappa shape index (κ3) is 8.14. The van der Waals surface area contributed by atoms with Crippen LogP contribution < -0.4 is 9.47 Å². The maximum atomic E-state index is 13.6. The van der Waals surface area contributed by atoms with Gasteiger partial charge in [-0.3, -0.25) is 14.1 Å². The lowest BCUT2D eigenvalue weighted by Crippen LogP contribution is -2.28. The minimum atomic E-state index is -4.71. The molecule has 7 nitrogen and oxygen atoms in total. The molecule has 10 rings (SSSR count). The van der Waals surface area contributed by atoms with Crippen molar-refractivity contribution in [2.75, 3.05) is 0 Å². The van der Waals surface area contributed by atoms with Gasteiger partial charge in [-0.15, -0.1) is 0 Å². The molecule has 0 unspecified atom stereocenters. The van der Waals surface area contributed by atoms with E-state index in [-0.39, 0.29) is 23.1 Å². The molecule has 8 heteroatoms. The molecule has 1 aliphatic carbocycles. The molecule has 0 fully saturated rings. The number of rotatable bonds is 12. The quantitative estimate of drug-likeness (QED) is 0.0961. The van der Waals surface area contributed by atoms with Crippen molar-refractivity contribution in [1.82, 2.24) is 0 Å². The SMILES string of the molecule is Cc1ccc(C(=O)c2ccc(Oc3ccc(-c4ccc(C(=O)c5ccc(Oc6ccc(C7(c8ccc(C)cc8)c8ccccc8-c8ccccc87)cc6)cc5)cc4)cc3S(=O)(=O)O)cc2)cc1. The van der Waals surface area contributed by atoms with Gasteiger partial charge in [0.1, 0.15) is 27.9 Å². The van der Waals surface area contributed by atoms with Crippen LogP contribution in [0.1, 0.15) is 65.2 Å². The highest BCUT2D eigenvalue weighted by molar-refractivity contribution is 7.86. The maximum absolute atomic E-state index is 13.6. The van der Waals surface area contributed by atoms with Crippen LogP contribution in [0.25, 0.3) is 22.3 Å². The largest absolute Gasteiger partial charge is 0.457 e. The fourth-order valence-electron chi connectivity index (χ4n) is 9.04. The predicted octanol–water partition coefficient (Wildman–Crippen LogP) is 13.6. The Morgan fingerprint density at radius 2 is 0.806 bits per heavy atom. The van der Waals surface area contributed by atoms with Gasteiger partial charge in [0.25, 0.3) is 10.1 Å². The zero-order chi connectivity index (χ0) is 46.3. The maximum Gasteiger partial charge on any atom is 0.298 e. The first-order valence-electron chi connectivity index (χ1n) is 21.8. The van der Waals surface area contributed by atoms with Crippen molar-refractivity contribution in [3.05, 3.63) is 268 Å². The van der Waals surface area contributed by atoms with E-state index in [2.05, 4.69) is 91.9 Å². The Hall–Kier alpha value is -8.17. The average molecular weight is 895 g/mol. The fourth-order valence-corrected chi connectivity index (χ4v) is 9.68. The lowest BCUT2D eigenvalue weighted by atomic mass is 9.67. The van der Waals surface area contributed by atoms with Crippen LogP contribution >= 0.6 is 0 Å². The Bertz CT molecular complexity index is 3390. The average Bonchev–Trinajstić information content (AvgIpc) is 3.65. The summed E-state index contributed by atoms with van der Waals surface area (Å²) in [6, 6.07) is 66.1. The Labute approximate surface area is 389 Å². The fraction of sp³-hybridized carbons (Fsp3) is 0.0508. The Balaban J connectivity index is 0.832. The van der Waals surface area contributed by atoms with E-state index >= 15 is 0 Å². The van der Waals surface area contributed by atoms with Crippen molar-refractivity contribution >= 4 is 21.7 Å². The van der Waals surface area contributed by atoms with Crippen molar-refractivity contribution < 1.29 is 32.0 Å². The van der Waals surface area contributed by atoms with Crippen molar-refractivity contribution in [3.8, 4) is 45.3 Å². The predicted molar refractivity (Wildman–Crippen MR) is 261 cm³/mol. The minimum absolute atomic E-state index is 0.0898. The number of ether oxygens (including phenoxy) is 2. The molecule has 1 aliphatic rings. The second kappa shape index (κ2) is 17.3.